The molecule has 2 N–H and O–H groups in total. The van der Waals surface area contributed by atoms with Gasteiger partial charge in [-0.25, -0.2) is 0 Å². The van der Waals surface area contributed by atoms with E-state index < -0.39 is 0 Å². The monoisotopic (exact) mass is 262 g/mol. The van der Waals surface area contributed by atoms with E-state index in [1.54, 1.807) is 6.07 Å². The molecule has 0 unspecified atom stereocenters. The first kappa shape index (κ1) is 14.4. The van der Waals surface area contributed by atoms with Crippen LogP contribution in [0.3, 0.4) is 0 Å². The van der Waals surface area contributed by atoms with Crippen molar-refractivity contribution in [3.8, 4) is 5.75 Å². The van der Waals surface area contributed by atoms with E-state index in [1.165, 1.54) is 38.0 Å². The van der Waals surface area contributed by atoms with Gasteiger partial charge < -0.3 is 15.3 Å². The highest BCUT2D eigenvalue weighted by atomic mass is 16.3. The molecule has 1 saturated heterocycles. The largest absolute Gasteiger partial charge is 0.508 e. The molecule has 1 fully saturated rings. The molecule has 106 valence electrons. The van der Waals surface area contributed by atoms with Gasteiger partial charge in [-0.05, 0) is 57.9 Å². The van der Waals surface area contributed by atoms with E-state index in [9.17, 15) is 5.11 Å². The molecule has 0 aliphatic carbocycles. The van der Waals surface area contributed by atoms with Crippen LogP contribution >= 0.6 is 0 Å². The van der Waals surface area contributed by atoms with Crippen molar-refractivity contribution in [1.82, 2.24) is 10.2 Å². The summed E-state index contributed by atoms with van der Waals surface area (Å²) in [4.78, 5) is 2.52. The topological polar surface area (TPSA) is 35.5 Å². The lowest BCUT2D eigenvalue weighted by molar-refractivity contribution is 0.190. The van der Waals surface area contributed by atoms with Crippen LogP contribution in [0.15, 0.2) is 18.2 Å². The number of hydrogen-bond acceptors (Lipinski definition) is 3. The molecule has 0 aromatic heterocycles. The Kier molecular flexibility index (Phi) is 5.23. The third-order valence-electron chi connectivity index (χ3n) is 4.14. The molecule has 0 saturated carbocycles. The van der Waals surface area contributed by atoms with Gasteiger partial charge in [-0.2, -0.15) is 0 Å². The van der Waals surface area contributed by atoms with Crippen molar-refractivity contribution in [2.75, 3.05) is 26.2 Å². The maximum absolute atomic E-state index is 9.79. The van der Waals surface area contributed by atoms with Gasteiger partial charge in [0.25, 0.3) is 0 Å². The molecule has 19 heavy (non-hydrogen) atoms. The van der Waals surface area contributed by atoms with Gasteiger partial charge in [0.15, 0.2) is 0 Å². The molecule has 1 aliphatic rings. The van der Waals surface area contributed by atoms with Gasteiger partial charge in [0.2, 0.25) is 0 Å². The van der Waals surface area contributed by atoms with Crippen molar-refractivity contribution in [3.05, 3.63) is 29.3 Å². The van der Waals surface area contributed by atoms with E-state index in [0.29, 0.717) is 5.75 Å². The summed E-state index contributed by atoms with van der Waals surface area (Å²) in [6.45, 7) is 9.77. The normalized spacial score (nSPS) is 17.8. The molecule has 1 aliphatic heterocycles. The fourth-order valence-electron chi connectivity index (χ4n) is 2.77. The van der Waals surface area contributed by atoms with Crippen LogP contribution in [0.5, 0.6) is 5.75 Å². The van der Waals surface area contributed by atoms with Crippen molar-refractivity contribution >= 4 is 0 Å². The van der Waals surface area contributed by atoms with E-state index in [4.69, 9.17) is 0 Å². The minimum atomic E-state index is 0.402. The number of nitrogens with one attached hydrogen (secondary N) is 1. The molecule has 1 aromatic rings. The number of piperidine rings is 1. The van der Waals surface area contributed by atoms with Crippen LogP contribution < -0.4 is 5.32 Å². The Balaban J connectivity index is 1.73. The average Bonchev–Trinajstić information content (AvgIpc) is 2.43. The zero-order chi connectivity index (χ0) is 13.7. The molecule has 2 rings (SSSR count). The highest BCUT2D eigenvalue weighted by Crippen LogP contribution is 2.19. The Bertz CT molecular complexity index is 398. The maximum Gasteiger partial charge on any atom is 0.120 e. The fourth-order valence-corrected chi connectivity index (χ4v) is 2.77. The van der Waals surface area contributed by atoms with Crippen LogP contribution in [0.1, 0.15) is 30.9 Å². The predicted octanol–water partition coefficient (Wildman–Crippen LogP) is 2.52. The Morgan fingerprint density at radius 3 is 2.74 bits per heavy atom. The number of benzene rings is 1. The van der Waals surface area contributed by atoms with E-state index in [2.05, 4.69) is 30.1 Å². The van der Waals surface area contributed by atoms with Crippen LogP contribution in [-0.2, 0) is 6.54 Å². The average molecular weight is 262 g/mol. The molecule has 3 heteroatoms. The summed E-state index contributed by atoms with van der Waals surface area (Å²) < 4.78 is 0. The first-order valence-electron chi connectivity index (χ1n) is 7.40. The quantitative estimate of drug-likeness (QED) is 0.856. The molecule has 0 atom stereocenters. The summed E-state index contributed by atoms with van der Waals surface area (Å²) in [6.07, 6.45) is 2.58. The van der Waals surface area contributed by atoms with Gasteiger partial charge in [-0.3, -0.25) is 0 Å². The van der Waals surface area contributed by atoms with E-state index in [-0.39, 0.29) is 0 Å². The number of rotatable bonds is 5. The molecule has 0 spiro atoms. The first-order chi connectivity index (χ1) is 9.19. The van der Waals surface area contributed by atoms with Gasteiger partial charge in [0.1, 0.15) is 5.75 Å². The summed E-state index contributed by atoms with van der Waals surface area (Å²) in [6, 6.07) is 5.79. The van der Waals surface area contributed by atoms with E-state index >= 15 is 0 Å². The summed E-state index contributed by atoms with van der Waals surface area (Å²) in [5.74, 6) is 1.19. The molecule has 0 bridgehead atoms. The molecule has 1 heterocycles. The standard InChI is InChI=1S/C16H26N2O/c1-3-18-8-6-14(7-9-18)11-17-12-15-10-13(2)4-5-16(15)19/h4-5,10,14,17,19H,3,6-9,11-12H2,1-2H3. The molecule has 3 nitrogen and oxygen atoms in total. The SMILES string of the molecule is CCN1CCC(CNCc2cc(C)ccc2O)CC1. The maximum atomic E-state index is 9.79. The zero-order valence-electron chi connectivity index (χ0n) is 12.2. The second-order valence-electron chi connectivity index (χ2n) is 5.64. The van der Waals surface area contributed by atoms with Gasteiger partial charge in [0, 0.05) is 12.1 Å². The minimum absolute atomic E-state index is 0.402. The van der Waals surface area contributed by atoms with Gasteiger partial charge >= 0.3 is 0 Å². The lowest BCUT2D eigenvalue weighted by Gasteiger charge is -2.31. The van der Waals surface area contributed by atoms with Crippen LogP contribution in [0, 0.1) is 12.8 Å². The summed E-state index contributed by atoms with van der Waals surface area (Å²) in [5, 5.41) is 13.3. The fraction of sp³-hybridized carbons (Fsp3) is 0.625. The summed E-state index contributed by atoms with van der Waals surface area (Å²) in [5.41, 5.74) is 2.21. The van der Waals surface area contributed by atoms with Gasteiger partial charge in [-0.15, -0.1) is 0 Å². The lowest BCUT2D eigenvalue weighted by atomic mass is 9.97. The predicted molar refractivity (Wildman–Crippen MR) is 79.4 cm³/mol. The molecule has 0 amide bonds. The number of aromatic hydroxyl groups is 1. The Labute approximate surface area is 116 Å². The minimum Gasteiger partial charge on any atom is -0.508 e. The van der Waals surface area contributed by atoms with Crippen LogP contribution in [0.2, 0.25) is 0 Å². The van der Waals surface area contributed by atoms with E-state index in [0.717, 1.165) is 24.6 Å². The summed E-state index contributed by atoms with van der Waals surface area (Å²) in [7, 11) is 0. The number of aryl methyl sites for hydroxylation is 1. The number of hydrogen-bond donors (Lipinski definition) is 2. The number of phenols is 1. The highest BCUT2D eigenvalue weighted by Gasteiger charge is 2.17. The highest BCUT2D eigenvalue weighted by molar-refractivity contribution is 5.35. The third kappa shape index (κ3) is 4.22. The Morgan fingerprint density at radius 1 is 1.32 bits per heavy atom. The second-order valence-corrected chi connectivity index (χ2v) is 5.64. The van der Waals surface area contributed by atoms with Crippen molar-refractivity contribution < 1.29 is 5.11 Å². The van der Waals surface area contributed by atoms with Gasteiger partial charge in [0.05, 0.1) is 0 Å². The molecule has 0 radical (unpaired) electrons. The van der Waals surface area contributed by atoms with Crippen molar-refractivity contribution in [2.45, 2.75) is 33.2 Å². The Morgan fingerprint density at radius 2 is 2.05 bits per heavy atom. The number of phenolic OH excluding ortho intramolecular Hbond substituents is 1. The second kappa shape index (κ2) is 6.92. The number of nitrogens with zero attached hydrogens (tertiary/aromatic N) is 1. The third-order valence-corrected chi connectivity index (χ3v) is 4.14. The van der Waals surface area contributed by atoms with Gasteiger partial charge in [-0.1, -0.05) is 24.6 Å². The zero-order valence-corrected chi connectivity index (χ0v) is 12.2. The van der Waals surface area contributed by atoms with Crippen LogP contribution in [0.4, 0.5) is 0 Å². The number of likely N-dealkylation sites (tertiary alicyclic amines) is 1. The van der Waals surface area contributed by atoms with Crippen molar-refractivity contribution in [3.63, 3.8) is 0 Å². The van der Waals surface area contributed by atoms with Crippen LogP contribution in [0.25, 0.3) is 0 Å². The van der Waals surface area contributed by atoms with Crippen molar-refractivity contribution in [1.29, 1.82) is 0 Å². The Hall–Kier alpha value is -1.06. The smallest absolute Gasteiger partial charge is 0.120 e. The molecular formula is C16H26N2O. The van der Waals surface area contributed by atoms with Crippen LogP contribution in [-0.4, -0.2) is 36.2 Å². The first-order valence-corrected chi connectivity index (χ1v) is 7.40. The van der Waals surface area contributed by atoms with Crippen molar-refractivity contribution in [2.24, 2.45) is 5.92 Å². The summed E-state index contributed by atoms with van der Waals surface area (Å²) >= 11 is 0. The van der Waals surface area contributed by atoms with E-state index in [1.807, 2.05) is 6.07 Å². The lowest BCUT2D eigenvalue weighted by Crippen LogP contribution is -2.36. The molecular weight excluding hydrogens is 236 g/mol. The molecule has 1 aromatic carbocycles.